The molecule has 0 bridgehead atoms. The minimum Gasteiger partial charge on any atom is -0.394 e. The molecule has 4 aliphatic carbocycles. The largest absolute Gasteiger partial charge is 0.394 e. The zero-order valence-electron chi connectivity index (χ0n) is 45.9. The van der Waals surface area contributed by atoms with Gasteiger partial charge in [-0.15, -0.1) is 0 Å². The van der Waals surface area contributed by atoms with Crippen molar-refractivity contribution in [3.05, 3.63) is 11.6 Å². The van der Waals surface area contributed by atoms with Crippen LogP contribution < -0.4 is 0 Å². The van der Waals surface area contributed by atoms with Crippen molar-refractivity contribution in [1.82, 2.24) is 0 Å². The number of rotatable bonds is 15. The van der Waals surface area contributed by atoms with Crippen LogP contribution in [0.2, 0.25) is 0 Å². The fraction of sp³-hybridized carbons (Fsp3) is 0.963. The first-order chi connectivity index (χ1) is 36.0. The van der Waals surface area contributed by atoms with Crippen LogP contribution >= 0.6 is 0 Å². The van der Waals surface area contributed by atoms with Crippen molar-refractivity contribution in [2.24, 2.45) is 45.3 Å². The fourth-order valence-electron chi connectivity index (χ4n) is 16.4. The van der Waals surface area contributed by atoms with E-state index >= 15 is 0 Å². The zero-order valence-corrected chi connectivity index (χ0v) is 45.9. The molecule has 4 aliphatic heterocycles. The number of hydrogen-bond donors (Lipinski definition) is 15. The van der Waals surface area contributed by atoms with E-state index in [-0.39, 0.29) is 5.92 Å². The molecule has 4 heterocycles. The van der Waals surface area contributed by atoms with Gasteiger partial charge in [0.25, 0.3) is 0 Å². The van der Waals surface area contributed by atoms with Crippen molar-refractivity contribution in [2.75, 3.05) is 19.8 Å². The summed E-state index contributed by atoms with van der Waals surface area (Å²) >= 11 is 0. The van der Waals surface area contributed by atoms with Gasteiger partial charge in [-0.2, -0.15) is 0 Å². The Balaban J connectivity index is 1.12. The topological polar surface area (TPSA) is 377 Å². The van der Waals surface area contributed by atoms with Crippen molar-refractivity contribution < 1.29 is 114 Å². The number of allylic oxidation sites excluding steroid dienone is 2. The molecule has 8 aliphatic rings. The quantitative estimate of drug-likeness (QED) is 0.0611. The molecule has 446 valence electrons. The molecule has 8 rings (SSSR count). The lowest BCUT2D eigenvalue weighted by Gasteiger charge is -2.72. The van der Waals surface area contributed by atoms with Gasteiger partial charge in [0.2, 0.25) is 0 Å². The predicted molar refractivity (Wildman–Crippen MR) is 266 cm³/mol. The minimum absolute atomic E-state index is 0.152. The maximum Gasteiger partial charge on any atom is 0.187 e. The molecule has 23 heteroatoms. The molecular formula is C54H92O23. The van der Waals surface area contributed by atoms with Gasteiger partial charge in [-0.05, 0) is 124 Å². The maximum absolute atomic E-state index is 12.9. The Labute approximate surface area is 450 Å². The number of ether oxygens (including phenoxy) is 8. The van der Waals surface area contributed by atoms with Gasteiger partial charge in [0.1, 0.15) is 91.6 Å². The Morgan fingerprint density at radius 3 is 1.73 bits per heavy atom. The van der Waals surface area contributed by atoms with E-state index in [4.69, 9.17) is 37.9 Å². The molecule has 0 aromatic carbocycles. The van der Waals surface area contributed by atoms with Crippen molar-refractivity contribution in [3.63, 3.8) is 0 Å². The Hall–Kier alpha value is -1.18. The molecule has 77 heavy (non-hydrogen) atoms. The van der Waals surface area contributed by atoms with Crippen LogP contribution in [0.15, 0.2) is 11.6 Å². The highest BCUT2D eigenvalue weighted by Gasteiger charge is 2.74. The average molecular weight is 1110 g/mol. The summed E-state index contributed by atoms with van der Waals surface area (Å²) in [6.45, 7) is 15.6. The van der Waals surface area contributed by atoms with E-state index in [1.54, 1.807) is 0 Å². The van der Waals surface area contributed by atoms with Gasteiger partial charge in [-0.3, -0.25) is 0 Å². The summed E-state index contributed by atoms with van der Waals surface area (Å²) < 4.78 is 50.0. The molecule has 23 nitrogen and oxygen atoms in total. The van der Waals surface area contributed by atoms with E-state index in [1.165, 1.54) is 6.92 Å². The molecule has 15 N–H and O–H groups in total. The molecule has 0 unspecified atom stereocenters. The van der Waals surface area contributed by atoms with E-state index in [1.807, 2.05) is 34.6 Å². The number of fused-ring (bicyclic) bond motifs is 5. The smallest absolute Gasteiger partial charge is 0.187 e. The first-order valence-electron chi connectivity index (χ1n) is 27.8. The first-order valence-corrected chi connectivity index (χ1v) is 27.8. The van der Waals surface area contributed by atoms with Gasteiger partial charge in [0.05, 0.1) is 49.8 Å². The Morgan fingerprint density at radius 2 is 1.12 bits per heavy atom. The van der Waals surface area contributed by atoms with E-state index in [0.29, 0.717) is 51.4 Å². The van der Waals surface area contributed by atoms with E-state index < -0.39 is 206 Å². The van der Waals surface area contributed by atoms with Crippen LogP contribution in [0, 0.1) is 45.3 Å². The molecule has 8 fully saturated rings. The van der Waals surface area contributed by atoms with Crippen LogP contribution in [0.4, 0.5) is 0 Å². The van der Waals surface area contributed by atoms with Crippen molar-refractivity contribution in [1.29, 1.82) is 0 Å². The second-order valence-corrected chi connectivity index (χ2v) is 25.8. The molecule has 0 amide bonds. The van der Waals surface area contributed by atoms with Gasteiger partial charge in [0.15, 0.2) is 25.2 Å². The van der Waals surface area contributed by atoms with Crippen LogP contribution in [0.1, 0.15) is 114 Å². The SMILES string of the molecule is CC(C)=CCC[C@@](C)(O[C@@H]1O[C@H](CO)[C@@H](O[C@@H]2O[C@H](CO)[C@@H](O)[C@H](O)[C@H]2O)[C@H](O)[C@H]1O)[C@H]1CC[C@]2(C)[C@@H]1[C@H](O)C[C@@H]1[C@@]3(C)CC[C@H](O)C(C)(C)[C@@H]3[C@@H](O[C@@H]3O[C@H](CO)[C@@H](O)[C@H](O)[C@H]3O[C@@H]3O[C@@H](C)[C@H](O)[C@@H](O)[C@H]3O)C[C@]12C. The summed E-state index contributed by atoms with van der Waals surface area (Å²) in [5, 5.41) is 166. The summed E-state index contributed by atoms with van der Waals surface area (Å²) in [6.07, 6.45) is -28.6. The van der Waals surface area contributed by atoms with Gasteiger partial charge in [0, 0.05) is 0 Å². The second-order valence-electron chi connectivity index (χ2n) is 25.8. The molecule has 4 saturated heterocycles. The van der Waals surface area contributed by atoms with Crippen LogP contribution in [0.5, 0.6) is 0 Å². The Kier molecular flexibility index (Phi) is 18.6. The van der Waals surface area contributed by atoms with Crippen molar-refractivity contribution >= 4 is 0 Å². The summed E-state index contributed by atoms with van der Waals surface area (Å²) in [6, 6.07) is 0. The third kappa shape index (κ3) is 10.7. The molecule has 0 aromatic rings. The van der Waals surface area contributed by atoms with Crippen LogP contribution in [0.3, 0.4) is 0 Å². The first kappa shape index (κ1) is 61.9. The summed E-state index contributed by atoms with van der Waals surface area (Å²) in [5.41, 5.74) is -2.90. The van der Waals surface area contributed by atoms with Crippen molar-refractivity contribution in [2.45, 2.75) is 260 Å². The summed E-state index contributed by atoms with van der Waals surface area (Å²) in [5.74, 6) is -1.45. The number of aliphatic hydroxyl groups is 15. The van der Waals surface area contributed by atoms with E-state index in [9.17, 15) is 76.6 Å². The van der Waals surface area contributed by atoms with Gasteiger partial charge in [-0.1, -0.05) is 46.3 Å². The molecule has 31 atom stereocenters. The van der Waals surface area contributed by atoms with Crippen LogP contribution in [-0.2, 0) is 37.9 Å². The van der Waals surface area contributed by atoms with Gasteiger partial charge < -0.3 is 114 Å². The maximum atomic E-state index is 12.9. The van der Waals surface area contributed by atoms with E-state index in [0.717, 1.165) is 5.57 Å². The van der Waals surface area contributed by atoms with Gasteiger partial charge in [-0.25, -0.2) is 0 Å². The molecule has 0 aromatic heterocycles. The third-order valence-corrected chi connectivity index (χ3v) is 20.8. The minimum atomic E-state index is -1.85. The zero-order chi connectivity index (χ0) is 56.8. The van der Waals surface area contributed by atoms with E-state index in [2.05, 4.69) is 26.8 Å². The Morgan fingerprint density at radius 1 is 0.584 bits per heavy atom. The summed E-state index contributed by atoms with van der Waals surface area (Å²) in [7, 11) is 0. The lowest BCUT2D eigenvalue weighted by molar-refractivity contribution is -0.382. The lowest BCUT2D eigenvalue weighted by atomic mass is 9.34. The van der Waals surface area contributed by atoms with Gasteiger partial charge >= 0.3 is 0 Å². The highest BCUT2D eigenvalue weighted by Crippen LogP contribution is 2.76. The molecular weight excluding hydrogens is 1020 g/mol. The Bertz CT molecular complexity index is 2010. The second kappa shape index (κ2) is 23.1. The normalized spacial score (nSPS) is 53.6. The monoisotopic (exact) mass is 1110 g/mol. The average Bonchev–Trinajstić information content (AvgIpc) is 3.98. The highest BCUT2D eigenvalue weighted by atomic mass is 16.8. The number of hydrogen-bond acceptors (Lipinski definition) is 23. The molecule has 0 spiro atoms. The standard InChI is InChI=1S/C54H92O23/c1-22(2)11-10-14-54(9,77-48-42(69)39(66)43(29(21-57)74-48)75-47-41(68)37(64)34(61)27(19-55)72-47)24-12-16-52(7)32(24)25(58)17-30-51(6)15-13-31(59)50(4,5)45(51)26(18-53(30,52)8)71-49-44(38(65)35(62)28(20-56)73-49)76-46-40(67)36(63)33(60)23(3)70-46/h11,23-49,55-69H,10,12-21H2,1-9H3/t23-,24-,25+,26-,27+,28+,29+,30+,31-,32-,33-,34+,35+,36+,37-,38-,39+,40+,41+,42+,43+,44+,45-,46-,47-,48-,49+,51+,52+,53+,54+/m0/s1. The van der Waals surface area contributed by atoms with Crippen molar-refractivity contribution in [3.8, 4) is 0 Å². The molecule has 0 radical (unpaired) electrons. The lowest BCUT2D eigenvalue weighted by Crippen LogP contribution is -2.71. The fourth-order valence-corrected chi connectivity index (χ4v) is 16.4. The molecule has 4 saturated carbocycles. The highest BCUT2D eigenvalue weighted by molar-refractivity contribution is 5.22. The third-order valence-electron chi connectivity index (χ3n) is 20.8. The summed E-state index contributed by atoms with van der Waals surface area (Å²) in [4.78, 5) is 0. The van der Waals surface area contributed by atoms with Crippen LogP contribution in [0.25, 0.3) is 0 Å². The number of aliphatic hydroxyl groups excluding tert-OH is 15. The van der Waals surface area contributed by atoms with Crippen LogP contribution in [-0.4, -0.2) is 243 Å². The predicted octanol–water partition coefficient (Wildman–Crippen LogP) is -2.20.